The second-order valence-electron chi connectivity index (χ2n) is 6.23. The van der Waals surface area contributed by atoms with Crippen LogP contribution in [0.4, 0.5) is 0 Å². The summed E-state index contributed by atoms with van der Waals surface area (Å²) in [5.74, 6) is 0.813. The van der Waals surface area contributed by atoms with Gasteiger partial charge < -0.3 is 10.2 Å². The van der Waals surface area contributed by atoms with Gasteiger partial charge in [0.2, 0.25) is 0 Å². The van der Waals surface area contributed by atoms with E-state index in [2.05, 4.69) is 10.3 Å². The fourth-order valence-electron chi connectivity index (χ4n) is 2.58. The molecule has 2 rings (SSSR count). The molecular formula is C19H25ClIN3O2S. The molecule has 0 unspecified atom stereocenters. The molecule has 27 heavy (non-hydrogen) atoms. The maximum absolute atomic E-state index is 11.3. The Bertz CT molecular complexity index is 871. The molecule has 0 aliphatic rings. The summed E-state index contributed by atoms with van der Waals surface area (Å²) in [6.07, 6.45) is 1.24. The van der Waals surface area contributed by atoms with Crippen molar-refractivity contribution in [2.45, 2.75) is 18.8 Å². The summed E-state index contributed by atoms with van der Waals surface area (Å²) in [5, 5.41) is 4.04. The van der Waals surface area contributed by atoms with Crippen molar-refractivity contribution >= 4 is 51.4 Å². The first-order valence-corrected chi connectivity index (χ1v) is 10.6. The zero-order chi connectivity index (χ0) is 19.2. The molecule has 0 bridgehead atoms. The molecule has 0 aliphatic heterocycles. The molecule has 0 spiro atoms. The Morgan fingerprint density at radius 3 is 2.26 bits per heavy atom. The van der Waals surface area contributed by atoms with E-state index in [4.69, 9.17) is 11.6 Å². The van der Waals surface area contributed by atoms with Crippen molar-refractivity contribution in [2.24, 2.45) is 4.99 Å². The van der Waals surface area contributed by atoms with E-state index < -0.39 is 9.84 Å². The van der Waals surface area contributed by atoms with Crippen molar-refractivity contribution in [3.8, 4) is 0 Å². The van der Waals surface area contributed by atoms with Gasteiger partial charge in [0.1, 0.15) is 0 Å². The number of halogens is 2. The molecule has 0 radical (unpaired) electrons. The fourth-order valence-corrected chi connectivity index (χ4v) is 3.57. The molecule has 0 aliphatic carbocycles. The van der Waals surface area contributed by atoms with Crippen molar-refractivity contribution < 1.29 is 8.42 Å². The van der Waals surface area contributed by atoms with Crippen LogP contribution in [0.2, 0.25) is 5.02 Å². The Hall–Kier alpha value is -1.32. The summed E-state index contributed by atoms with van der Waals surface area (Å²) in [6.45, 7) is 1.24. The lowest BCUT2D eigenvalue weighted by Crippen LogP contribution is -2.38. The van der Waals surface area contributed by atoms with Crippen LogP contribution >= 0.6 is 35.6 Å². The van der Waals surface area contributed by atoms with Crippen LogP contribution in [0.3, 0.4) is 0 Å². The molecule has 5 nitrogen and oxygen atoms in total. The number of sulfone groups is 1. The molecular weight excluding hydrogens is 497 g/mol. The number of aliphatic imine (C=N–C) groups is 1. The van der Waals surface area contributed by atoms with Crippen LogP contribution in [0.15, 0.2) is 53.5 Å². The van der Waals surface area contributed by atoms with Gasteiger partial charge >= 0.3 is 0 Å². The first-order valence-electron chi connectivity index (χ1n) is 8.19. The molecule has 0 aromatic heterocycles. The predicted octanol–water partition coefficient (Wildman–Crippen LogP) is 3.71. The highest BCUT2D eigenvalue weighted by molar-refractivity contribution is 14.0. The van der Waals surface area contributed by atoms with Crippen LogP contribution in [0.1, 0.15) is 16.7 Å². The predicted molar refractivity (Wildman–Crippen MR) is 124 cm³/mol. The highest BCUT2D eigenvalue weighted by atomic mass is 127. The first kappa shape index (κ1) is 23.7. The van der Waals surface area contributed by atoms with Gasteiger partial charge in [-0.25, -0.2) is 8.42 Å². The van der Waals surface area contributed by atoms with Crippen LogP contribution in [-0.4, -0.2) is 39.6 Å². The molecule has 2 aromatic rings. The van der Waals surface area contributed by atoms with Crippen LogP contribution < -0.4 is 5.32 Å². The van der Waals surface area contributed by atoms with Gasteiger partial charge in [-0.3, -0.25) is 4.99 Å². The van der Waals surface area contributed by atoms with Gasteiger partial charge in [0.05, 0.1) is 5.75 Å². The number of hydrogen-bond donors (Lipinski definition) is 1. The van der Waals surface area contributed by atoms with E-state index in [1.165, 1.54) is 6.26 Å². The van der Waals surface area contributed by atoms with Gasteiger partial charge in [0.25, 0.3) is 0 Å². The average molecular weight is 522 g/mol. The number of hydrogen-bond acceptors (Lipinski definition) is 3. The molecule has 1 N–H and O–H groups in total. The smallest absolute Gasteiger partial charge is 0.193 e. The van der Waals surface area contributed by atoms with Gasteiger partial charge in [-0.15, -0.1) is 24.0 Å². The summed E-state index contributed by atoms with van der Waals surface area (Å²) in [5.41, 5.74) is 2.87. The third-order valence-electron chi connectivity index (χ3n) is 3.84. The number of nitrogens with zero attached hydrogens (tertiary/aromatic N) is 2. The number of rotatable bonds is 6. The molecule has 0 saturated carbocycles. The summed E-state index contributed by atoms with van der Waals surface area (Å²) in [4.78, 5) is 6.30. The van der Waals surface area contributed by atoms with Crippen LogP contribution in [0, 0.1) is 0 Å². The molecule has 0 atom stereocenters. The Morgan fingerprint density at radius 1 is 1.11 bits per heavy atom. The van der Waals surface area contributed by atoms with Crippen molar-refractivity contribution in [1.29, 1.82) is 0 Å². The number of benzene rings is 2. The summed E-state index contributed by atoms with van der Waals surface area (Å²) in [7, 11) is 0.673. The molecule has 8 heteroatoms. The summed E-state index contributed by atoms with van der Waals surface area (Å²) < 4.78 is 22.7. The van der Waals surface area contributed by atoms with E-state index in [9.17, 15) is 8.42 Å². The monoisotopic (exact) mass is 521 g/mol. The third-order valence-corrected chi connectivity index (χ3v) is 5.07. The van der Waals surface area contributed by atoms with Crippen molar-refractivity contribution in [2.75, 3.05) is 20.4 Å². The second-order valence-corrected chi connectivity index (χ2v) is 8.78. The van der Waals surface area contributed by atoms with Crippen molar-refractivity contribution in [1.82, 2.24) is 10.2 Å². The number of nitrogens with one attached hydrogen (secondary N) is 1. The van der Waals surface area contributed by atoms with Crippen LogP contribution in [0.25, 0.3) is 0 Å². The normalized spacial score (nSPS) is 11.6. The summed E-state index contributed by atoms with van der Waals surface area (Å²) >= 11 is 6.22. The Kier molecular flexibility index (Phi) is 9.55. The second kappa shape index (κ2) is 10.9. The Labute approximate surface area is 183 Å². The van der Waals surface area contributed by atoms with Crippen LogP contribution in [0.5, 0.6) is 0 Å². The van der Waals surface area contributed by atoms with Crippen molar-refractivity contribution in [3.05, 3.63) is 70.2 Å². The maximum atomic E-state index is 11.3. The molecule has 0 fully saturated rings. The highest BCUT2D eigenvalue weighted by Gasteiger charge is 2.09. The zero-order valence-electron chi connectivity index (χ0n) is 15.6. The fraction of sp³-hybridized carbons (Fsp3) is 0.316. The van der Waals surface area contributed by atoms with E-state index >= 15 is 0 Å². The van der Waals surface area contributed by atoms with Gasteiger partial charge in [-0.2, -0.15) is 0 Å². The maximum Gasteiger partial charge on any atom is 0.193 e. The molecule has 0 amide bonds. The Balaban J connectivity index is 0.00000364. The van der Waals surface area contributed by atoms with Gasteiger partial charge in [-0.05, 0) is 22.8 Å². The van der Waals surface area contributed by atoms with E-state index in [-0.39, 0.29) is 29.7 Å². The minimum atomic E-state index is -3.02. The molecule has 2 aromatic carbocycles. The van der Waals surface area contributed by atoms with Gasteiger partial charge in [-0.1, -0.05) is 54.1 Å². The highest BCUT2D eigenvalue weighted by Crippen LogP contribution is 2.16. The standard InChI is InChI=1S/C19H24ClN3O2S.HI/c1-21-19(23(2)13-17-6-4-5-7-18(17)20)22-12-15-8-10-16(11-9-15)14-26(3,24)25;/h4-11H,12-14H2,1-3H3,(H,21,22);1H. The van der Waals surface area contributed by atoms with Crippen LogP contribution in [-0.2, 0) is 28.7 Å². The average Bonchev–Trinajstić information content (AvgIpc) is 2.57. The lowest BCUT2D eigenvalue weighted by Gasteiger charge is -2.22. The van der Waals surface area contributed by atoms with E-state index in [0.717, 1.165) is 27.7 Å². The van der Waals surface area contributed by atoms with Gasteiger partial charge in [0, 0.05) is 38.5 Å². The zero-order valence-corrected chi connectivity index (χ0v) is 19.5. The minimum absolute atomic E-state index is 0. The lowest BCUT2D eigenvalue weighted by atomic mass is 10.1. The van der Waals surface area contributed by atoms with E-state index in [0.29, 0.717) is 13.1 Å². The van der Waals surface area contributed by atoms with Crippen molar-refractivity contribution in [3.63, 3.8) is 0 Å². The van der Waals surface area contributed by atoms with E-state index in [1.807, 2.05) is 60.5 Å². The molecule has 148 valence electrons. The SMILES string of the molecule is CN=C(NCc1ccc(CS(C)(=O)=O)cc1)N(C)Cc1ccccc1Cl.I. The minimum Gasteiger partial charge on any atom is -0.352 e. The lowest BCUT2D eigenvalue weighted by molar-refractivity contribution is 0.476. The summed E-state index contributed by atoms with van der Waals surface area (Å²) in [6, 6.07) is 15.3. The largest absolute Gasteiger partial charge is 0.352 e. The Morgan fingerprint density at radius 2 is 1.70 bits per heavy atom. The first-order chi connectivity index (χ1) is 12.3. The third kappa shape index (κ3) is 8.06. The molecule has 0 heterocycles. The van der Waals surface area contributed by atoms with E-state index in [1.54, 1.807) is 7.05 Å². The van der Waals surface area contributed by atoms with Gasteiger partial charge in [0.15, 0.2) is 15.8 Å². The topological polar surface area (TPSA) is 61.8 Å². The quantitative estimate of drug-likeness (QED) is 0.358. The molecule has 0 saturated heterocycles. The number of guanidine groups is 1.